The van der Waals surface area contributed by atoms with Crippen molar-refractivity contribution in [1.82, 2.24) is 5.32 Å². The third-order valence-electron chi connectivity index (χ3n) is 2.82. The van der Waals surface area contributed by atoms with Crippen molar-refractivity contribution in [3.63, 3.8) is 0 Å². The summed E-state index contributed by atoms with van der Waals surface area (Å²) in [5, 5.41) is 23.0. The lowest BCUT2D eigenvalue weighted by Gasteiger charge is -2.22. The molecule has 0 radical (unpaired) electrons. The Morgan fingerprint density at radius 3 is 2.75 bits per heavy atom. The quantitative estimate of drug-likeness (QED) is 0.617. The smallest absolute Gasteiger partial charge is 0.305 e. The number of carbonyl (C=O) groups is 1. The molecule has 1 rings (SSSR count). The first-order valence-electron chi connectivity index (χ1n) is 6.21. The summed E-state index contributed by atoms with van der Waals surface area (Å²) in [6, 6.07) is 2.91. The monoisotopic (exact) mass is 284 g/mol. The number of hydrogen-bond donors (Lipinski definition) is 2. The van der Waals surface area contributed by atoms with Crippen molar-refractivity contribution in [2.75, 3.05) is 6.54 Å². The molecule has 1 aromatic rings. The Morgan fingerprint density at radius 2 is 2.20 bits per heavy atom. The fourth-order valence-corrected chi connectivity index (χ4v) is 1.79. The van der Waals surface area contributed by atoms with Crippen LogP contribution < -0.4 is 5.32 Å². The summed E-state index contributed by atoms with van der Waals surface area (Å²) in [5.41, 5.74) is -1.82. The van der Waals surface area contributed by atoms with Crippen molar-refractivity contribution >= 4 is 11.6 Å². The summed E-state index contributed by atoms with van der Waals surface area (Å²) in [5.74, 6) is -1.59. The van der Waals surface area contributed by atoms with Crippen molar-refractivity contribution in [3.8, 4) is 0 Å². The zero-order chi connectivity index (χ0) is 15.3. The number of rotatable bonds is 6. The largest absolute Gasteiger partial charge is 0.388 e. The van der Waals surface area contributed by atoms with Crippen LogP contribution in [-0.2, 0) is 0 Å². The molecule has 0 fully saturated rings. The van der Waals surface area contributed by atoms with Crippen LogP contribution in [0.25, 0.3) is 0 Å². The standard InChI is InChI=1S/C13H17FN2O4/c1-3-6-13(2,18)8-15-12(17)9-4-5-10(14)11(7-9)16(19)20/h4-5,7,18H,3,6,8H2,1-2H3,(H,15,17). The van der Waals surface area contributed by atoms with Gasteiger partial charge in [-0.05, 0) is 25.5 Å². The molecule has 1 amide bonds. The maximum atomic E-state index is 13.1. The molecule has 1 atom stereocenters. The molecule has 0 bridgehead atoms. The van der Waals surface area contributed by atoms with Gasteiger partial charge in [0.2, 0.25) is 5.82 Å². The van der Waals surface area contributed by atoms with Gasteiger partial charge < -0.3 is 10.4 Å². The molecule has 20 heavy (non-hydrogen) atoms. The number of carbonyl (C=O) groups excluding carboxylic acids is 1. The van der Waals surface area contributed by atoms with Gasteiger partial charge in [0.1, 0.15) is 0 Å². The van der Waals surface area contributed by atoms with Gasteiger partial charge in [-0.1, -0.05) is 13.3 Å². The number of nitrogens with zero attached hydrogens (tertiary/aromatic N) is 1. The van der Waals surface area contributed by atoms with Crippen molar-refractivity contribution in [2.24, 2.45) is 0 Å². The SMILES string of the molecule is CCCC(C)(O)CNC(=O)c1ccc(F)c([N+](=O)[O-])c1. The highest BCUT2D eigenvalue weighted by Crippen LogP contribution is 2.18. The van der Waals surface area contributed by atoms with Gasteiger partial charge in [-0.3, -0.25) is 14.9 Å². The molecule has 0 aliphatic heterocycles. The predicted octanol–water partition coefficient (Wildman–Crippen LogP) is 2.01. The number of amides is 1. The molecule has 2 N–H and O–H groups in total. The van der Waals surface area contributed by atoms with Gasteiger partial charge in [-0.2, -0.15) is 4.39 Å². The van der Waals surface area contributed by atoms with Gasteiger partial charge >= 0.3 is 5.69 Å². The normalized spacial score (nSPS) is 13.6. The van der Waals surface area contributed by atoms with E-state index in [1.165, 1.54) is 0 Å². The summed E-state index contributed by atoms with van der Waals surface area (Å²) in [4.78, 5) is 21.5. The lowest BCUT2D eigenvalue weighted by molar-refractivity contribution is -0.387. The van der Waals surface area contributed by atoms with E-state index in [0.29, 0.717) is 6.42 Å². The molecule has 110 valence electrons. The zero-order valence-electron chi connectivity index (χ0n) is 11.4. The Hall–Kier alpha value is -2.02. The van der Waals surface area contributed by atoms with Crippen molar-refractivity contribution in [2.45, 2.75) is 32.3 Å². The molecule has 0 heterocycles. The minimum atomic E-state index is -1.05. The molecule has 6 nitrogen and oxygen atoms in total. The Kier molecular flexibility index (Phi) is 5.15. The van der Waals surface area contributed by atoms with Crippen LogP contribution >= 0.6 is 0 Å². The Bertz CT molecular complexity index is 517. The Labute approximate surface area is 115 Å². The number of nitrogens with one attached hydrogen (secondary N) is 1. The lowest BCUT2D eigenvalue weighted by Crippen LogP contribution is -2.40. The van der Waals surface area contributed by atoms with Crippen LogP contribution in [-0.4, -0.2) is 28.1 Å². The van der Waals surface area contributed by atoms with Crippen LogP contribution in [0, 0.1) is 15.9 Å². The van der Waals surface area contributed by atoms with Gasteiger partial charge in [0.15, 0.2) is 0 Å². The summed E-state index contributed by atoms with van der Waals surface area (Å²) in [6.45, 7) is 3.51. The number of nitro benzene ring substituents is 1. The van der Waals surface area contributed by atoms with Crippen molar-refractivity contribution in [1.29, 1.82) is 0 Å². The summed E-state index contributed by atoms with van der Waals surface area (Å²) in [6.07, 6.45) is 1.27. The van der Waals surface area contributed by atoms with Gasteiger partial charge in [-0.15, -0.1) is 0 Å². The summed E-state index contributed by atoms with van der Waals surface area (Å²) < 4.78 is 13.1. The van der Waals surface area contributed by atoms with E-state index in [4.69, 9.17) is 0 Å². The average molecular weight is 284 g/mol. The first kappa shape index (κ1) is 16.0. The number of hydrogen-bond acceptors (Lipinski definition) is 4. The van der Waals surface area contributed by atoms with Crippen LogP contribution in [0.4, 0.5) is 10.1 Å². The molecular weight excluding hydrogens is 267 g/mol. The van der Waals surface area contributed by atoms with E-state index in [1.807, 2.05) is 6.92 Å². The van der Waals surface area contributed by atoms with E-state index in [0.717, 1.165) is 24.6 Å². The molecule has 0 saturated carbocycles. The van der Waals surface area contributed by atoms with Gasteiger partial charge in [-0.25, -0.2) is 0 Å². The van der Waals surface area contributed by atoms with E-state index in [2.05, 4.69) is 5.32 Å². The number of benzene rings is 1. The highest BCUT2D eigenvalue weighted by atomic mass is 19.1. The minimum absolute atomic E-state index is 0.0187. The molecule has 1 aromatic carbocycles. The average Bonchev–Trinajstić information content (AvgIpc) is 2.36. The van der Waals surface area contributed by atoms with Gasteiger partial charge in [0.05, 0.1) is 10.5 Å². The third-order valence-corrected chi connectivity index (χ3v) is 2.82. The topological polar surface area (TPSA) is 92.5 Å². The maximum Gasteiger partial charge on any atom is 0.305 e. The van der Waals surface area contributed by atoms with Crippen LogP contribution in [0.3, 0.4) is 0 Å². The second kappa shape index (κ2) is 6.42. The molecular formula is C13H17FN2O4. The third kappa shape index (κ3) is 4.27. The fourth-order valence-electron chi connectivity index (χ4n) is 1.79. The van der Waals surface area contributed by atoms with Crippen LogP contribution in [0.5, 0.6) is 0 Å². The van der Waals surface area contributed by atoms with Crippen LogP contribution in [0.15, 0.2) is 18.2 Å². The molecule has 0 aliphatic rings. The summed E-state index contributed by atoms with van der Waals surface area (Å²) in [7, 11) is 0. The minimum Gasteiger partial charge on any atom is -0.388 e. The molecule has 0 aliphatic carbocycles. The van der Waals surface area contributed by atoms with Crippen molar-refractivity contribution in [3.05, 3.63) is 39.7 Å². The first-order valence-corrected chi connectivity index (χ1v) is 6.21. The second-order valence-corrected chi connectivity index (χ2v) is 4.85. The van der Waals surface area contributed by atoms with E-state index in [9.17, 15) is 24.4 Å². The highest BCUT2D eigenvalue weighted by Gasteiger charge is 2.22. The summed E-state index contributed by atoms with van der Waals surface area (Å²) >= 11 is 0. The maximum absolute atomic E-state index is 13.1. The molecule has 7 heteroatoms. The van der Waals surface area contributed by atoms with Crippen LogP contribution in [0.2, 0.25) is 0 Å². The molecule has 0 saturated heterocycles. The van der Waals surface area contributed by atoms with E-state index in [1.54, 1.807) is 6.92 Å². The van der Waals surface area contributed by atoms with Crippen molar-refractivity contribution < 1.29 is 19.2 Å². The zero-order valence-corrected chi connectivity index (χ0v) is 11.4. The number of nitro groups is 1. The second-order valence-electron chi connectivity index (χ2n) is 4.85. The fraction of sp³-hybridized carbons (Fsp3) is 0.462. The Balaban J connectivity index is 2.78. The number of halogens is 1. The van der Waals surface area contributed by atoms with E-state index >= 15 is 0 Å². The van der Waals surface area contributed by atoms with E-state index < -0.39 is 27.9 Å². The first-order chi connectivity index (χ1) is 9.26. The predicted molar refractivity (Wildman–Crippen MR) is 70.9 cm³/mol. The van der Waals surface area contributed by atoms with Gasteiger partial charge in [0.25, 0.3) is 5.91 Å². The van der Waals surface area contributed by atoms with Crippen LogP contribution in [0.1, 0.15) is 37.0 Å². The van der Waals surface area contributed by atoms with E-state index in [-0.39, 0.29) is 12.1 Å². The number of aliphatic hydroxyl groups is 1. The lowest BCUT2D eigenvalue weighted by atomic mass is 10.0. The highest BCUT2D eigenvalue weighted by molar-refractivity contribution is 5.94. The molecule has 0 aromatic heterocycles. The van der Waals surface area contributed by atoms with Gasteiger partial charge in [0, 0.05) is 18.2 Å². The molecule has 1 unspecified atom stereocenters. The molecule has 0 spiro atoms. The Morgan fingerprint density at radius 1 is 1.55 bits per heavy atom.